The van der Waals surface area contributed by atoms with Crippen molar-refractivity contribution in [3.8, 4) is 0 Å². The van der Waals surface area contributed by atoms with Gasteiger partial charge in [0.1, 0.15) is 0 Å². The first-order chi connectivity index (χ1) is 12.2. The zero-order chi connectivity index (χ0) is 17.9. The molecule has 3 N–H and O–H groups in total. The van der Waals surface area contributed by atoms with Crippen molar-refractivity contribution >= 4 is 22.7 Å². The molecule has 1 aliphatic carbocycles. The van der Waals surface area contributed by atoms with Crippen molar-refractivity contribution < 1.29 is 9.00 Å². The number of nitrogens with zero attached hydrogens (tertiary/aromatic N) is 1. The van der Waals surface area contributed by atoms with E-state index >= 15 is 0 Å². The van der Waals surface area contributed by atoms with Gasteiger partial charge in [0.25, 0.3) is 0 Å². The molecule has 0 spiro atoms. The first-order valence-corrected chi connectivity index (χ1v) is 10.4. The number of guanidine groups is 1. The molecule has 1 aromatic carbocycles. The van der Waals surface area contributed by atoms with Crippen LogP contribution < -0.4 is 16.0 Å². The summed E-state index contributed by atoms with van der Waals surface area (Å²) < 4.78 is 12.1. The summed E-state index contributed by atoms with van der Waals surface area (Å²) in [6.07, 6.45) is 2.03. The quantitative estimate of drug-likeness (QED) is 0.329. The van der Waals surface area contributed by atoms with Gasteiger partial charge in [-0.15, -0.1) is 0 Å². The first-order valence-electron chi connectivity index (χ1n) is 8.88. The van der Waals surface area contributed by atoms with Gasteiger partial charge in [-0.1, -0.05) is 30.3 Å². The summed E-state index contributed by atoms with van der Waals surface area (Å²) >= 11 is 0. The minimum atomic E-state index is -0.923. The third-order valence-electron chi connectivity index (χ3n) is 3.77. The van der Waals surface area contributed by atoms with Gasteiger partial charge in [-0.3, -0.25) is 14.0 Å². The number of carbonyl (C=O) groups excluding carboxylic acids is 1. The van der Waals surface area contributed by atoms with E-state index in [0.29, 0.717) is 37.1 Å². The highest BCUT2D eigenvalue weighted by molar-refractivity contribution is 7.84. The van der Waals surface area contributed by atoms with E-state index < -0.39 is 10.8 Å². The second-order valence-corrected chi connectivity index (χ2v) is 7.60. The van der Waals surface area contributed by atoms with Gasteiger partial charge in [0, 0.05) is 47.9 Å². The fourth-order valence-electron chi connectivity index (χ4n) is 2.29. The van der Waals surface area contributed by atoms with Crippen molar-refractivity contribution in [1.82, 2.24) is 16.0 Å². The predicted octanol–water partition coefficient (Wildman–Crippen LogP) is 1.02. The lowest BCUT2D eigenvalue weighted by molar-refractivity contribution is -0.122. The smallest absolute Gasteiger partial charge is 0.223 e. The fourth-order valence-corrected chi connectivity index (χ4v) is 3.29. The maximum Gasteiger partial charge on any atom is 0.223 e. The summed E-state index contributed by atoms with van der Waals surface area (Å²) in [6.45, 7) is 4.47. The van der Waals surface area contributed by atoms with Gasteiger partial charge >= 0.3 is 0 Å². The second kappa shape index (κ2) is 10.9. The van der Waals surface area contributed by atoms with Crippen LogP contribution in [0.4, 0.5) is 0 Å². The largest absolute Gasteiger partial charge is 0.357 e. The van der Waals surface area contributed by atoms with Gasteiger partial charge < -0.3 is 16.0 Å². The molecule has 0 heterocycles. The molecule has 1 aliphatic rings. The summed E-state index contributed by atoms with van der Waals surface area (Å²) in [7, 11) is -0.923. The van der Waals surface area contributed by atoms with Gasteiger partial charge in [0.2, 0.25) is 5.91 Å². The van der Waals surface area contributed by atoms with Crippen LogP contribution in [-0.2, 0) is 21.3 Å². The van der Waals surface area contributed by atoms with E-state index in [1.165, 1.54) is 0 Å². The van der Waals surface area contributed by atoms with Crippen LogP contribution in [0.1, 0.15) is 25.3 Å². The Hall–Kier alpha value is -1.89. The molecule has 0 saturated heterocycles. The summed E-state index contributed by atoms with van der Waals surface area (Å²) in [6, 6.07) is 9.85. The van der Waals surface area contributed by atoms with Crippen LogP contribution in [-0.4, -0.2) is 48.0 Å². The molecule has 7 heteroatoms. The second-order valence-electron chi connectivity index (χ2n) is 6.03. The van der Waals surface area contributed by atoms with Crippen molar-refractivity contribution in [3.05, 3.63) is 35.9 Å². The van der Waals surface area contributed by atoms with Crippen LogP contribution in [0.3, 0.4) is 0 Å². The lowest BCUT2D eigenvalue weighted by atomic mass is 10.2. The van der Waals surface area contributed by atoms with E-state index in [0.717, 1.165) is 24.9 Å². The van der Waals surface area contributed by atoms with Crippen LogP contribution in [0.2, 0.25) is 0 Å². The Morgan fingerprint density at radius 1 is 1.16 bits per heavy atom. The average molecular weight is 365 g/mol. The standard InChI is InChI=1S/C18H28N4O2S/c1-2-19-18(21-11-10-20-17(23)16-8-9-16)22-12-13-25(24)14-15-6-4-3-5-7-15/h3-7,16H,2,8-14H2,1H3,(H,20,23)(H2,19,21,22). The Morgan fingerprint density at radius 3 is 2.56 bits per heavy atom. The highest BCUT2D eigenvalue weighted by Gasteiger charge is 2.28. The SMILES string of the molecule is CCNC(=NCCS(=O)Cc1ccccc1)NCCNC(=O)C1CC1. The first kappa shape index (κ1) is 19.4. The molecule has 2 rings (SSSR count). The highest BCUT2D eigenvalue weighted by Crippen LogP contribution is 2.28. The average Bonchev–Trinajstić information content (AvgIpc) is 3.44. The number of rotatable bonds is 10. The van der Waals surface area contributed by atoms with Gasteiger partial charge in [-0.2, -0.15) is 0 Å². The molecule has 1 amide bonds. The van der Waals surface area contributed by atoms with Gasteiger partial charge in [0.05, 0.1) is 6.54 Å². The number of hydrogen-bond donors (Lipinski definition) is 3. The summed E-state index contributed by atoms with van der Waals surface area (Å²) in [5.74, 6) is 2.18. The monoisotopic (exact) mass is 364 g/mol. The van der Waals surface area contributed by atoms with E-state index in [1.807, 2.05) is 37.3 Å². The number of hydrogen-bond acceptors (Lipinski definition) is 3. The molecule has 138 valence electrons. The fraction of sp³-hybridized carbons (Fsp3) is 0.556. The zero-order valence-electron chi connectivity index (χ0n) is 14.8. The molecule has 1 saturated carbocycles. The van der Waals surface area contributed by atoms with Crippen molar-refractivity contribution in [2.75, 3.05) is 31.9 Å². The minimum Gasteiger partial charge on any atom is -0.357 e. The molecule has 1 aromatic rings. The van der Waals surface area contributed by atoms with E-state index in [-0.39, 0.29) is 11.8 Å². The summed E-state index contributed by atoms with van der Waals surface area (Å²) in [5.41, 5.74) is 1.08. The van der Waals surface area contributed by atoms with Crippen LogP contribution >= 0.6 is 0 Å². The molecule has 0 aromatic heterocycles. The molecule has 1 fully saturated rings. The molecule has 25 heavy (non-hydrogen) atoms. The van der Waals surface area contributed by atoms with Crippen LogP contribution in [0.5, 0.6) is 0 Å². The summed E-state index contributed by atoms with van der Waals surface area (Å²) in [5, 5.41) is 9.25. The van der Waals surface area contributed by atoms with Crippen molar-refractivity contribution in [2.24, 2.45) is 10.9 Å². The molecule has 0 bridgehead atoms. The molecular weight excluding hydrogens is 336 g/mol. The summed E-state index contributed by atoms with van der Waals surface area (Å²) in [4.78, 5) is 16.0. The third-order valence-corrected chi connectivity index (χ3v) is 5.06. The van der Waals surface area contributed by atoms with E-state index in [1.54, 1.807) is 0 Å². The van der Waals surface area contributed by atoms with Crippen molar-refractivity contribution in [3.63, 3.8) is 0 Å². The van der Waals surface area contributed by atoms with E-state index in [2.05, 4.69) is 20.9 Å². The third kappa shape index (κ3) is 8.16. The number of amides is 1. The molecular formula is C18H28N4O2S. The Balaban J connectivity index is 1.65. The lowest BCUT2D eigenvalue weighted by Crippen LogP contribution is -2.42. The van der Waals surface area contributed by atoms with E-state index in [9.17, 15) is 9.00 Å². The van der Waals surface area contributed by atoms with Crippen LogP contribution in [0.15, 0.2) is 35.3 Å². The zero-order valence-corrected chi connectivity index (χ0v) is 15.6. The highest BCUT2D eigenvalue weighted by atomic mass is 32.2. The molecule has 0 aliphatic heterocycles. The number of carbonyl (C=O) groups is 1. The molecule has 1 atom stereocenters. The Bertz CT molecular complexity index is 588. The molecule has 0 radical (unpaired) electrons. The Labute approximate surface area is 152 Å². The van der Waals surface area contributed by atoms with Gasteiger partial charge in [-0.25, -0.2) is 0 Å². The van der Waals surface area contributed by atoms with Gasteiger partial charge in [-0.05, 0) is 25.3 Å². The van der Waals surface area contributed by atoms with Crippen molar-refractivity contribution in [2.45, 2.75) is 25.5 Å². The maximum atomic E-state index is 12.1. The normalized spacial score (nSPS) is 15.5. The maximum absolute atomic E-state index is 12.1. The number of nitrogens with one attached hydrogen (secondary N) is 3. The van der Waals surface area contributed by atoms with Crippen LogP contribution in [0, 0.1) is 5.92 Å². The minimum absolute atomic E-state index is 0.153. The number of benzene rings is 1. The molecule has 6 nitrogen and oxygen atoms in total. The van der Waals surface area contributed by atoms with Gasteiger partial charge in [0.15, 0.2) is 5.96 Å². The van der Waals surface area contributed by atoms with Crippen molar-refractivity contribution in [1.29, 1.82) is 0 Å². The predicted molar refractivity (Wildman–Crippen MR) is 103 cm³/mol. The Morgan fingerprint density at radius 2 is 1.88 bits per heavy atom. The lowest BCUT2D eigenvalue weighted by Gasteiger charge is -2.11. The van der Waals surface area contributed by atoms with Crippen LogP contribution in [0.25, 0.3) is 0 Å². The Kier molecular flexibility index (Phi) is 8.45. The van der Waals surface area contributed by atoms with E-state index in [4.69, 9.17) is 0 Å². The number of aliphatic imine (C=N–C) groups is 1. The topological polar surface area (TPSA) is 82.6 Å². The molecule has 1 unspecified atom stereocenters.